The molecule has 0 aliphatic heterocycles. The van der Waals surface area contributed by atoms with Crippen molar-refractivity contribution in [1.29, 1.82) is 0 Å². The number of ether oxygens (including phenoxy) is 1. The molecular formula is C18H24N2O. The van der Waals surface area contributed by atoms with Crippen molar-refractivity contribution in [2.45, 2.75) is 32.7 Å². The number of aromatic nitrogens is 1. The predicted molar refractivity (Wildman–Crippen MR) is 86.6 cm³/mol. The minimum absolute atomic E-state index is 0.340. The molecule has 0 fully saturated rings. The van der Waals surface area contributed by atoms with Crippen LogP contribution in [0.15, 0.2) is 48.8 Å². The summed E-state index contributed by atoms with van der Waals surface area (Å²) in [5.41, 5.74) is 2.60. The fourth-order valence-corrected chi connectivity index (χ4v) is 2.17. The molecule has 1 aromatic carbocycles. The van der Waals surface area contributed by atoms with E-state index in [0.717, 1.165) is 31.7 Å². The van der Waals surface area contributed by atoms with E-state index in [9.17, 15) is 0 Å². The van der Waals surface area contributed by atoms with Crippen LogP contribution < -0.4 is 10.1 Å². The third kappa shape index (κ3) is 5.20. The number of hydrogen-bond donors (Lipinski definition) is 1. The van der Waals surface area contributed by atoms with Crippen molar-refractivity contribution in [1.82, 2.24) is 10.3 Å². The Morgan fingerprint density at radius 2 is 1.81 bits per heavy atom. The summed E-state index contributed by atoms with van der Waals surface area (Å²) in [5, 5.41) is 3.55. The maximum atomic E-state index is 5.60. The largest absolute Gasteiger partial charge is 0.494 e. The summed E-state index contributed by atoms with van der Waals surface area (Å²) in [6, 6.07) is 12.8. The van der Waals surface area contributed by atoms with Gasteiger partial charge in [-0.1, -0.05) is 19.1 Å². The highest BCUT2D eigenvalue weighted by molar-refractivity contribution is 5.29. The summed E-state index contributed by atoms with van der Waals surface area (Å²) in [6.45, 7) is 6.04. The van der Waals surface area contributed by atoms with Gasteiger partial charge < -0.3 is 10.1 Å². The van der Waals surface area contributed by atoms with Gasteiger partial charge in [0.2, 0.25) is 0 Å². The molecule has 112 valence electrons. The summed E-state index contributed by atoms with van der Waals surface area (Å²) >= 11 is 0. The summed E-state index contributed by atoms with van der Waals surface area (Å²) < 4.78 is 5.60. The van der Waals surface area contributed by atoms with Crippen LogP contribution in [0.25, 0.3) is 0 Å². The predicted octanol–water partition coefficient (Wildman–Crippen LogP) is 3.76. The smallest absolute Gasteiger partial charge is 0.119 e. The molecule has 0 saturated carbocycles. The van der Waals surface area contributed by atoms with Gasteiger partial charge >= 0.3 is 0 Å². The van der Waals surface area contributed by atoms with E-state index in [0.29, 0.717) is 6.04 Å². The van der Waals surface area contributed by atoms with Gasteiger partial charge in [-0.15, -0.1) is 0 Å². The maximum Gasteiger partial charge on any atom is 0.119 e. The number of benzene rings is 1. The molecule has 0 bridgehead atoms. The monoisotopic (exact) mass is 284 g/mol. The standard InChI is InChI=1S/C18H24N2O/c1-3-14-21-18-6-4-17(5-7-18)15(2)20-13-10-16-8-11-19-12-9-16/h4-9,11-12,15,20H,3,10,13-14H2,1-2H3. The minimum atomic E-state index is 0.340. The van der Waals surface area contributed by atoms with Crippen LogP contribution in [0.4, 0.5) is 0 Å². The van der Waals surface area contributed by atoms with Gasteiger partial charge in [0.15, 0.2) is 0 Å². The second-order valence-corrected chi connectivity index (χ2v) is 5.20. The van der Waals surface area contributed by atoms with Gasteiger partial charge in [-0.3, -0.25) is 4.98 Å². The lowest BCUT2D eigenvalue weighted by molar-refractivity contribution is 0.317. The highest BCUT2D eigenvalue weighted by atomic mass is 16.5. The van der Waals surface area contributed by atoms with Crippen LogP contribution in [0.3, 0.4) is 0 Å². The van der Waals surface area contributed by atoms with Crippen molar-refractivity contribution in [3.8, 4) is 5.75 Å². The molecule has 21 heavy (non-hydrogen) atoms. The van der Waals surface area contributed by atoms with Crippen LogP contribution >= 0.6 is 0 Å². The molecule has 2 rings (SSSR count). The van der Waals surface area contributed by atoms with Crippen molar-refractivity contribution < 1.29 is 4.74 Å². The van der Waals surface area contributed by atoms with Gasteiger partial charge in [0.1, 0.15) is 5.75 Å². The highest BCUT2D eigenvalue weighted by Crippen LogP contribution is 2.17. The Morgan fingerprint density at radius 1 is 1.10 bits per heavy atom. The van der Waals surface area contributed by atoms with E-state index in [2.05, 4.69) is 48.4 Å². The van der Waals surface area contributed by atoms with Crippen molar-refractivity contribution in [3.63, 3.8) is 0 Å². The van der Waals surface area contributed by atoms with Gasteiger partial charge in [0, 0.05) is 18.4 Å². The number of nitrogens with zero attached hydrogens (tertiary/aromatic N) is 1. The normalized spacial score (nSPS) is 12.1. The van der Waals surface area contributed by atoms with Gasteiger partial charge in [-0.25, -0.2) is 0 Å². The Kier molecular flexibility index (Phi) is 6.22. The Balaban J connectivity index is 1.78. The zero-order valence-electron chi connectivity index (χ0n) is 12.9. The van der Waals surface area contributed by atoms with Crippen molar-refractivity contribution in [2.24, 2.45) is 0 Å². The fraction of sp³-hybridized carbons (Fsp3) is 0.389. The van der Waals surface area contributed by atoms with Crippen molar-refractivity contribution in [3.05, 3.63) is 59.9 Å². The Labute approximate surface area is 127 Å². The van der Waals surface area contributed by atoms with Crippen LogP contribution in [-0.4, -0.2) is 18.1 Å². The molecule has 3 nitrogen and oxygen atoms in total. The zero-order valence-corrected chi connectivity index (χ0v) is 12.9. The highest BCUT2D eigenvalue weighted by Gasteiger charge is 2.04. The minimum Gasteiger partial charge on any atom is -0.494 e. The molecule has 1 aromatic heterocycles. The second-order valence-electron chi connectivity index (χ2n) is 5.20. The molecule has 1 unspecified atom stereocenters. The second kappa shape index (κ2) is 8.42. The Hall–Kier alpha value is -1.87. The van der Waals surface area contributed by atoms with E-state index in [1.807, 2.05) is 24.5 Å². The molecule has 3 heteroatoms. The summed E-state index contributed by atoms with van der Waals surface area (Å²) in [7, 11) is 0. The van der Waals surface area contributed by atoms with E-state index >= 15 is 0 Å². The molecule has 1 atom stereocenters. The van der Waals surface area contributed by atoms with Crippen molar-refractivity contribution >= 4 is 0 Å². The summed E-state index contributed by atoms with van der Waals surface area (Å²) in [5.74, 6) is 0.949. The van der Waals surface area contributed by atoms with Crippen molar-refractivity contribution in [2.75, 3.05) is 13.2 Å². The van der Waals surface area contributed by atoms with Gasteiger partial charge in [-0.2, -0.15) is 0 Å². The van der Waals surface area contributed by atoms with Crippen LogP contribution in [0.1, 0.15) is 37.4 Å². The molecule has 0 spiro atoms. The lowest BCUT2D eigenvalue weighted by Gasteiger charge is -2.15. The zero-order chi connectivity index (χ0) is 14.9. The molecule has 2 aromatic rings. The molecule has 0 saturated heterocycles. The average Bonchev–Trinajstić information content (AvgIpc) is 2.54. The number of nitrogens with one attached hydrogen (secondary N) is 1. The quantitative estimate of drug-likeness (QED) is 0.801. The average molecular weight is 284 g/mol. The van der Waals surface area contributed by atoms with E-state index in [4.69, 9.17) is 4.74 Å². The van der Waals surface area contributed by atoms with E-state index in [1.54, 1.807) is 0 Å². The molecule has 1 heterocycles. The number of pyridine rings is 1. The first-order valence-corrected chi connectivity index (χ1v) is 7.64. The van der Waals surface area contributed by atoms with Gasteiger partial charge in [0.25, 0.3) is 0 Å². The molecule has 0 radical (unpaired) electrons. The first-order valence-electron chi connectivity index (χ1n) is 7.64. The molecule has 0 aliphatic carbocycles. The third-order valence-electron chi connectivity index (χ3n) is 3.47. The van der Waals surface area contributed by atoms with Crippen LogP contribution in [-0.2, 0) is 6.42 Å². The fourth-order valence-electron chi connectivity index (χ4n) is 2.17. The summed E-state index contributed by atoms with van der Waals surface area (Å²) in [4.78, 5) is 4.03. The molecule has 1 N–H and O–H groups in total. The summed E-state index contributed by atoms with van der Waals surface area (Å²) in [6.07, 6.45) is 5.74. The van der Waals surface area contributed by atoms with E-state index in [1.165, 1.54) is 11.1 Å². The Morgan fingerprint density at radius 3 is 2.48 bits per heavy atom. The Bertz CT molecular complexity index is 511. The van der Waals surface area contributed by atoms with E-state index in [-0.39, 0.29) is 0 Å². The van der Waals surface area contributed by atoms with Gasteiger partial charge in [-0.05, 0) is 61.7 Å². The molecule has 0 aliphatic rings. The lowest BCUT2D eigenvalue weighted by atomic mass is 10.1. The first-order chi connectivity index (χ1) is 10.3. The van der Waals surface area contributed by atoms with Crippen LogP contribution in [0.5, 0.6) is 5.75 Å². The van der Waals surface area contributed by atoms with E-state index < -0.39 is 0 Å². The SMILES string of the molecule is CCCOc1ccc(C(C)NCCc2ccncc2)cc1. The first kappa shape index (κ1) is 15.5. The number of hydrogen-bond acceptors (Lipinski definition) is 3. The maximum absolute atomic E-state index is 5.60. The van der Waals surface area contributed by atoms with Crippen LogP contribution in [0, 0.1) is 0 Å². The van der Waals surface area contributed by atoms with Gasteiger partial charge in [0.05, 0.1) is 6.61 Å². The number of rotatable bonds is 8. The lowest BCUT2D eigenvalue weighted by Crippen LogP contribution is -2.21. The third-order valence-corrected chi connectivity index (χ3v) is 3.47. The molecular weight excluding hydrogens is 260 g/mol. The molecule has 0 amide bonds. The topological polar surface area (TPSA) is 34.1 Å². The van der Waals surface area contributed by atoms with Crippen LogP contribution in [0.2, 0.25) is 0 Å².